The summed E-state index contributed by atoms with van der Waals surface area (Å²) in [5.74, 6) is 0.976. The topological polar surface area (TPSA) is 28.7 Å². The minimum Gasteiger partial charge on any atom is -0.340 e. The van der Waals surface area contributed by atoms with Crippen LogP contribution in [0.5, 0.6) is 0 Å². The fraction of sp³-hybridized carbons (Fsp3) is 0.125. The van der Waals surface area contributed by atoms with E-state index >= 15 is 0 Å². The molecule has 5 heteroatoms. The van der Waals surface area contributed by atoms with E-state index < -0.39 is 0 Å². The van der Waals surface area contributed by atoms with Crippen LogP contribution in [0.25, 0.3) is 0 Å². The highest BCUT2D eigenvalue weighted by Gasteiger charge is 2.00. The van der Waals surface area contributed by atoms with Gasteiger partial charge in [-0.05, 0) is 28.1 Å². The molecule has 0 bridgehead atoms. The first kappa shape index (κ1) is 9.30. The molecule has 0 aliphatic rings. The van der Waals surface area contributed by atoms with Crippen molar-refractivity contribution in [2.24, 2.45) is 0 Å². The van der Waals surface area contributed by atoms with Gasteiger partial charge in [-0.3, -0.25) is 0 Å². The highest BCUT2D eigenvalue weighted by atomic mass is 79.9. The molecule has 0 aliphatic carbocycles. The Kier molecular flexibility index (Phi) is 3.08. The van der Waals surface area contributed by atoms with Crippen LogP contribution in [0.3, 0.4) is 0 Å². The van der Waals surface area contributed by atoms with Crippen molar-refractivity contribution in [1.29, 1.82) is 0 Å². The van der Waals surface area contributed by atoms with Crippen LogP contribution in [0.15, 0.2) is 33.5 Å². The lowest BCUT2D eigenvalue weighted by molar-refractivity contribution is 1.06. The summed E-state index contributed by atoms with van der Waals surface area (Å²) in [4.78, 5) is 8.55. The van der Waals surface area contributed by atoms with Gasteiger partial charge >= 0.3 is 0 Å². The fourth-order valence-electron chi connectivity index (χ4n) is 0.899. The van der Waals surface area contributed by atoms with Crippen molar-refractivity contribution in [3.63, 3.8) is 0 Å². The number of halogens is 1. The maximum atomic E-state index is 4.14. The van der Waals surface area contributed by atoms with Crippen LogP contribution in [-0.4, -0.2) is 9.97 Å². The molecule has 0 saturated heterocycles. The third-order valence-electron chi connectivity index (χ3n) is 1.45. The predicted octanol–water partition coefficient (Wildman–Crippen LogP) is 3.53. The van der Waals surface area contributed by atoms with E-state index in [9.17, 15) is 0 Å². The molecule has 2 heterocycles. The van der Waals surface area contributed by atoms with Gasteiger partial charge in [0, 0.05) is 23.0 Å². The molecule has 2 aromatic rings. The Morgan fingerprint density at radius 3 is 3.08 bits per heavy atom. The average molecular weight is 275 g/mol. The second-order valence-electron chi connectivity index (χ2n) is 2.39. The van der Waals surface area contributed by atoms with E-state index in [0.717, 1.165) is 10.9 Å². The lowest BCUT2D eigenvalue weighted by Gasteiger charge is -1.92. The van der Waals surface area contributed by atoms with Crippen molar-refractivity contribution < 1.29 is 0 Å². The van der Waals surface area contributed by atoms with Crippen LogP contribution in [-0.2, 0) is 5.75 Å². The Labute approximate surface area is 92.9 Å². The third-order valence-corrected chi connectivity index (χ3v) is 4.21. The minimum atomic E-state index is 0.976. The average Bonchev–Trinajstić information content (AvgIpc) is 2.71. The number of nitrogens with one attached hydrogen (secondary N) is 1. The number of nitrogens with zero attached hydrogens (tertiary/aromatic N) is 1. The molecule has 0 amide bonds. The normalized spacial score (nSPS) is 10.5. The van der Waals surface area contributed by atoms with Gasteiger partial charge in [0.2, 0.25) is 0 Å². The lowest BCUT2D eigenvalue weighted by Crippen LogP contribution is -1.75. The van der Waals surface area contributed by atoms with Gasteiger partial charge in [-0.1, -0.05) is 11.8 Å². The zero-order chi connectivity index (χ0) is 9.10. The highest BCUT2D eigenvalue weighted by Crippen LogP contribution is 2.27. The number of thiophene rings is 1. The van der Waals surface area contributed by atoms with Gasteiger partial charge in [0.05, 0.1) is 3.79 Å². The molecule has 0 saturated carbocycles. The largest absolute Gasteiger partial charge is 0.340 e. The standard InChI is InChI=1S/C8H7BrN2S2/c9-7-2-1-6(13-7)5-12-8-10-3-4-11-8/h1-4H,5H2,(H,10,11). The first-order chi connectivity index (χ1) is 6.34. The van der Waals surface area contributed by atoms with Crippen LogP contribution < -0.4 is 0 Å². The van der Waals surface area contributed by atoms with Crippen molar-refractivity contribution in [1.82, 2.24) is 9.97 Å². The van der Waals surface area contributed by atoms with E-state index in [2.05, 4.69) is 38.0 Å². The monoisotopic (exact) mass is 274 g/mol. The van der Waals surface area contributed by atoms with Crippen LogP contribution in [0.1, 0.15) is 4.88 Å². The number of imidazole rings is 1. The Bertz CT molecular complexity index is 369. The van der Waals surface area contributed by atoms with Crippen molar-refractivity contribution in [3.8, 4) is 0 Å². The summed E-state index contributed by atoms with van der Waals surface area (Å²) in [7, 11) is 0. The molecular formula is C8H7BrN2S2. The first-order valence-electron chi connectivity index (χ1n) is 3.71. The molecule has 68 valence electrons. The maximum Gasteiger partial charge on any atom is 0.165 e. The highest BCUT2D eigenvalue weighted by molar-refractivity contribution is 9.11. The maximum absolute atomic E-state index is 4.14. The zero-order valence-corrected chi connectivity index (χ0v) is 9.88. The van der Waals surface area contributed by atoms with Gasteiger partial charge in [-0.2, -0.15) is 0 Å². The molecule has 2 aromatic heterocycles. The predicted molar refractivity (Wildman–Crippen MR) is 60.2 cm³/mol. The molecule has 2 nitrogen and oxygen atoms in total. The summed E-state index contributed by atoms with van der Waals surface area (Å²) < 4.78 is 1.18. The molecule has 2 rings (SSSR count). The molecule has 0 spiro atoms. The van der Waals surface area contributed by atoms with Crippen molar-refractivity contribution in [2.45, 2.75) is 10.9 Å². The molecule has 0 aliphatic heterocycles. The zero-order valence-electron chi connectivity index (χ0n) is 6.66. The van der Waals surface area contributed by atoms with Gasteiger partial charge in [-0.15, -0.1) is 11.3 Å². The van der Waals surface area contributed by atoms with Crippen LogP contribution in [0.2, 0.25) is 0 Å². The number of hydrogen-bond acceptors (Lipinski definition) is 3. The second-order valence-corrected chi connectivity index (χ2v) is 5.90. The minimum absolute atomic E-state index is 0.976. The van der Waals surface area contributed by atoms with Crippen molar-refractivity contribution >= 4 is 39.0 Å². The van der Waals surface area contributed by atoms with Crippen LogP contribution in [0, 0.1) is 0 Å². The lowest BCUT2D eigenvalue weighted by atomic mass is 10.5. The smallest absolute Gasteiger partial charge is 0.165 e. The summed E-state index contributed by atoms with van der Waals surface area (Å²) in [5.41, 5.74) is 0. The third kappa shape index (κ3) is 2.59. The molecule has 0 fully saturated rings. The van der Waals surface area contributed by atoms with Crippen LogP contribution in [0.4, 0.5) is 0 Å². The van der Waals surface area contributed by atoms with E-state index in [1.807, 2.05) is 6.20 Å². The fourth-order valence-corrected chi connectivity index (χ4v) is 3.25. The summed E-state index contributed by atoms with van der Waals surface area (Å²) in [6.45, 7) is 0. The summed E-state index contributed by atoms with van der Waals surface area (Å²) in [5, 5.41) is 0.976. The SMILES string of the molecule is Brc1ccc(CSc2ncc[nH]2)s1. The Morgan fingerprint density at radius 2 is 2.46 bits per heavy atom. The summed E-state index contributed by atoms with van der Waals surface area (Å²) in [6.07, 6.45) is 3.61. The molecular weight excluding hydrogens is 268 g/mol. The van der Waals surface area contributed by atoms with Gasteiger partial charge in [-0.25, -0.2) is 4.98 Å². The molecule has 0 aromatic carbocycles. The quantitative estimate of drug-likeness (QED) is 0.868. The summed E-state index contributed by atoms with van der Waals surface area (Å²) in [6, 6.07) is 4.20. The van der Waals surface area contributed by atoms with Gasteiger partial charge in [0.15, 0.2) is 5.16 Å². The van der Waals surface area contributed by atoms with E-state index in [4.69, 9.17) is 0 Å². The van der Waals surface area contributed by atoms with Gasteiger partial charge in [0.1, 0.15) is 0 Å². The molecule has 0 radical (unpaired) electrons. The van der Waals surface area contributed by atoms with E-state index in [1.54, 1.807) is 29.3 Å². The number of rotatable bonds is 3. The van der Waals surface area contributed by atoms with Gasteiger partial charge in [0.25, 0.3) is 0 Å². The van der Waals surface area contributed by atoms with E-state index in [1.165, 1.54) is 8.66 Å². The molecule has 0 unspecified atom stereocenters. The van der Waals surface area contributed by atoms with E-state index in [0.29, 0.717) is 0 Å². The Hall–Kier alpha value is -0.260. The van der Waals surface area contributed by atoms with Crippen molar-refractivity contribution in [2.75, 3.05) is 0 Å². The molecule has 0 atom stereocenters. The molecule has 1 N–H and O–H groups in total. The van der Waals surface area contributed by atoms with Gasteiger partial charge < -0.3 is 4.98 Å². The van der Waals surface area contributed by atoms with E-state index in [-0.39, 0.29) is 0 Å². The number of H-pyrrole nitrogens is 1. The second kappa shape index (κ2) is 4.30. The molecule has 13 heavy (non-hydrogen) atoms. The Morgan fingerprint density at radius 1 is 1.54 bits per heavy atom. The summed E-state index contributed by atoms with van der Waals surface area (Å²) >= 11 is 6.92. The van der Waals surface area contributed by atoms with Crippen molar-refractivity contribution in [3.05, 3.63) is 33.2 Å². The van der Waals surface area contributed by atoms with Crippen LogP contribution >= 0.6 is 39.0 Å². The number of hydrogen-bond donors (Lipinski definition) is 1. The first-order valence-corrected chi connectivity index (χ1v) is 6.30. The number of thioether (sulfide) groups is 1. The number of aromatic amines is 1. The Balaban J connectivity index is 1.93. The number of aromatic nitrogens is 2.